The Labute approximate surface area is 259 Å². The zero-order chi connectivity index (χ0) is 29.2. The average Bonchev–Trinajstić information content (AvgIpc) is 3.62. The van der Waals surface area contributed by atoms with Crippen LogP contribution >= 0.6 is 0 Å². The summed E-state index contributed by atoms with van der Waals surface area (Å²) in [6.45, 7) is 0. The molecule has 0 amide bonds. The van der Waals surface area contributed by atoms with Gasteiger partial charge in [-0.3, -0.25) is 0 Å². The van der Waals surface area contributed by atoms with E-state index < -0.39 is 0 Å². The largest absolute Gasteiger partial charge is 0.309 e. The quantitative estimate of drug-likeness (QED) is 0.174. The molecule has 11 rings (SSSR count). The highest BCUT2D eigenvalue weighted by Crippen LogP contribution is 2.49. The number of hydrogen-bond acceptors (Lipinski definition) is 0. The van der Waals surface area contributed by atoms with Crippen LogP contribution in [-0.2, 0) is 0 Å². The van der Waals surface area contributed by atoms with Crippen LogP contribution in [-0.4, -0.2) is 4.57 Å². The van der Waals surface area contributed by atoms with Crippen LogP contribution in [0.4, 0.5) is 0 Å². The summed E-state index contributed by atoms with van der Waals surface area (Å²) in [5.41, 5.74) is 8.97. The van der Waals surface area contributed by atoms with Crippen LogP contribution in [0.1, 0.15) is 0 Å². The molecule has 1 aliphatic carbocycles. The molecule has 0 radical (unpaired) electrons. The molecule has 45 heavy (non-hydrogen) atoms. The summed E-state index contributed by atoms with van der Waals surface area (Å²) in [7, 11) is 0. The lowest BCUT2D eigenvalue weighted by atomic mass is 9.90. The van der Waals surface area contributed by atoms with Crippen LogP contribution in [0, 0.1) is 0 Å². The van der Waals surface area contributed by atoms with E-state index in [1.54, 1.807) is 0 Å². The number of hydrogen-bond donors (Lipinski definition) is 0. The molecule has 0 spiro atoms. The van der Waals surface area contributed by atoms with Gasteiger partial charge in [0.15, 0.2) is 0 Å². The van der Waals surface area contributed by atoms with Crippen molar-refractivity contribution in [2.45, 2.75) is 0 Å². The second-order valence-corrected chi connectivity index (χ2v) is 12.4. The third-order valence-electron chi connectivity index (χ3n) is 10.3. The SMILES string of the molecule is c1cc2c3c(cccc3c1)-c1cc(-n3c4ccccc4c4c5ccc6c7ccccc7c7ccccc7c6c5ccc43)ccc1-2. The van der Waals surface area contributed by atoms with Crippen molar-refractivity contribution in [2.75, 3.05) is 0 Å². The molecule has 1 aromatic heterocycles. The molecule has 0 unspecified atom stereocenters. The summed E-state index contributed by atoms with van der Waals surface area (Å²) in [4.78, 5) is 0. The first kappa shape index (κ1) is 23.5. The van der Waals surface area contributed by atoms with E-state index in [4.69, 9.17) is 0 Å². The molecule has 9 aromatic carbocycles. The Morgan fingerprint density at radius 3 is 1.60 bits per heavy atom. The van der Waals surface area contributed by atoms with Crippen molar-refractivity contribution in [2.24, 2.45) is 0 Å². The highest BCUT2D eigenvalue weighted by atomic mass is 15.0. The fourth-order valence-corrected chi connectivity index (χ4v) is 8.47. The van der Waals surface area contributed by atoms with E-state index in [-0.39, 0.29) is 0 Å². The van der Waals surface area contributed by atoms with Crippen molar-refractivity contribution in [3.05, 3.63) is 152 Å². The lowest BCUT2D eigenvalue weighted by molar-refractivity contribution is 1.18. The summed E-state index contributed by atoms with van der Waals surface area (Å²) >= 11 is 0. The van der Waals surface area contributed by atoms with E-state index in [1.807, 2.05) is 0 Å². The zero-order valence-electron chi connectivity index (χ0n) is 24.4. The van der Waals surface area contributed by atoms with Gasteiger partial charge in [-0.15, -0.1) is 0 Å². The second kappa shape index (κ2) is 8.37. The first-order valence-electron chi connectivity index (χ1n) is 15.7. The van der Waals surface area contributed by atoms with Crippen molar-refractivity contribution < 1.29 is 0 Å². The molecule has 1 nitrogen and oxygen atoms in total. The van der Waals surface area contributed by atoms with Gasteiger partial charge < -0.3 is 4.57 Å². The van der Waals surface area contributed by atoms with Gasteiger partial charge in [0.05, 0.1) is 11.0 Å². The summed E-state index contributed by atoms with van der Waals surface area (Å²) < 4.78 is 2.47. The van der Waals surface area contributed by atoms with Crippen LogP contribution in [0.3, 0.4) is 0 Å². The van der Waals surface area contributed by atoms with Gasteiger partial charge >= 0.3 is 0 Å². The standard InChI is InChI=1S/C44H25N/c1-2-13-30-28(11-1)29-12-3-4-14-33(29)43-35(30)21-22-37-36(43)23-24-41-44(37)38-15-5-6-18-40(38)45(41)27-19-20-31-32-16-7-9-26-10-8-17-34(42(26)32)39(31)25-27/h1-25H. The van der Waals surface area contributed by atoms with E-state index in [1.165, 1.54) is 104 Å². The minimum absolute atomic E-state index is 1.20. The third kappa shape index (κ3) is 2.93. The van der Waals surface area contributed by atoms with Gasteiger partial charge in [-0.1, -0.05) is 127 Å². The molecule has 0 bridgehead atoms. The number of fused-ring (bicyclic) bond motifs is 15. The first-order chi connectivity index (χ1) is 22.3. The fourth-order valence-electron chi connectivity index (χ4n) is 8.47. The van der Waals surface area contributed by atoms with Gasteiger partial charge in [0.25, 0.3) is 0 Å². The third-order valence-corrected chi connectivity index (χ3v) is 10.3. The maximum absolute atomic E-state index is 2.47. The van der Waals surface area contributed by atoms with Crippen LogP contribution in [0.25, 0.3) is 104 Å². The molecule has 1 heterocycles. The maximum atomic E-state index is 2.47. The van der Waals surface area contributed by atoms with Crippen molar-refractivity contribution in [3.8, 4) is 27.9 Å². The van der Waals surface area contributed by atoms with Gasteiger partial charge in [0.2, 0.25) is 0 Å². The normalized spacial score (nSPS) is 12.4. The van der Waals surface area contributed by atoms with Gasteiger partial charge in [-0.2, -0.15) is 0 Å². The second-order valence-electron chi connectivity index (χ2n) is 12.4. The van der Waals surface area contributed by atoms with Crippen LogP contribution in [0.2, 0.25) is 0 Å². The summed E-state index contributed by atoms with van der Waals surface area (Å²) in [6.07, 6.45) is 0. The highest BCUT2D eigenvalue weighted by molar-refractivity contribution is 6.35. The molecule has 0 N–H and O–H groups in total. The first-order valence-corrected chi connectivity index (χ1v) is 15.7. The smallest absolute Gasteiger partial charge is 0.0547 e. The highest BCUT2D eigenvalue weighted by Gasteiger charge is 2.23. The van der Waals surface area contributed by atoms with Crippen molar-refractivity contribution in [3.63, 3.8) is 0 Å². The number of rotatable bonds is 1. The summed E-state index contributed by atoms with van der Waals surface area (Å²) in [6, 6.07) is 56.5. The van der Waals surface area contributed by atoms with E-state index in [9.17, 15) is 0 Å². The molecule has 0 aliphatic heterocycles. The number of para-hydroxylation sites is 1. The van der Waals surface area contributed by atoms with Crippen LogP contribution in [0.5, 0.6) is 0 Å². The topological polar surface area (TPSA) is 4.93 Å². The van der Waals surface area contributed by atoms with E-state index in [0.717, 1.165) is 0 Å². The Morgan fingerprint density at radius 1 is 0.289 bits per heavy atom. The van der Waals surface area contributed by atoms with Gasteiger partial charge in [0.1, 0.15) is 0 Å². The van der Waals surface area contributed by atoms with Crippen molar-refractivity contribution in [1.29, 1.82) is 0 Å². The number of benzene rings is 9. The molecule has 206 valence electrons. The molecule has 10 aromatic rings. The average molecular weight is 568 g/mol. The van der Waals surface area contributed by atoms with Crippen molar-refractivity contribution in [1.82, 2.24) is 4.57 Å². The predicted octanol–water partition coefficient (Wildman–Crippen LogP) is 12.2. The molecule has 1 aliphatic rings. The Bertz CT molecular complexity index is 2880. The Hall–Kier alpha value is -5.92. The maximum Gasteiger partial charge on any atom is 0.0547 e. The number of nitrogens with zero attached hydrogens (tertiary/aromatic N) is 1. The molecule has 0 atom stereocenters. The Morgan fingerprint density at radius 2 is 0.844 bits per heavy atom. The van der Waals surface area contributed by atoms with E-state index in [0.29, 0.717) is 0 Å². The fraction of sp³-hybridized carbons (Fsp3) is 0. The monoisotopic (exact) mass is 567 g/mol. The molecule has 0 saturated carbocycles. The van der Waals surface area contributed by atoms with Gasteiger partial charge in [0, 0.05) is 16.5 Å². The minimum atomic E-state index is 1.20. The summed E-state index contributed by atoms with van der Waals surface area (Å²) in [5.74, 6) is 0. The Balaban J connectivity index is 1.25. The molecular weight excluding hydrogens is 542 g/mol. The summed E-state index contributed by atoms with van der Waals surface area (Å²) in [5, 5.41) is 15.8. The van der Waals surface area contributed by atoms with Gasteiger partial charge in [-0.25, -0.2) is 0 Å². The molecule has 0 saturated heterocycles. The number of aromatic nitrogens is 1. The zero-order valence-corrected chi connectivity index (χ0v) is 24.4. The molecule has 0 fully saturated rings. The van der Waals surface area contributed by atoms with Crippen molar-refractivity contribution >= 4 is 75.7 Å². The van der Waals surface area contributed by atoms with Crippen LogP contribution < -0.4 is 0 Å². The Kier molecular flexibility index (Phi) is 4.38. The molecule has 1 heteroatoms. The lowest BCUT2D eigenvalue weighted by Crippen LogP contribution is -1.94. The van der Waals surface area contributed by atoms with E-state index >= 15 is 0 Å². The minimum Gasteiger partial charge on any atom is -0.309 e. The van der Waals surface area contributed by atoms with Gasteiger partial charge in [-0.05, 0) is 100 Å². The van der Waals surface area contributed by atoms with Crippen LogP contribution in [0.15, 0.2) is 152 Å². The molecular formula is C44H25N. The van der Waals surface area contributed by atoms with E-state index in [2.05, 4.69) is 156 Å². The predicted molar refractivity (Wildman–Crippen MR) is 193 cm³/mol. The lowest BCUT2D eigenvalue weighted by Gasteiger charge is -2.14.